The highest BCUT2D eigenvalue weighted by molar-refractivity contribution is 5.71. The summed E-state index contributed by atoms with van der Waals surface area (Å²) >= 11 is 0. The maximum atomic E-state index is 5.57. The highest BCUT2D eigenvalue weighted by Crippen LogP contribution is 2.36. The van der Waals surface area contributed by atoms with Crippen LogP contribution >= 0.6 is 0 Å². The van der Waals surface area contributed by atoms with Gasteiger partial charge in [-0.1, -0.05) is 0 Å². The third kappa shape index (κ3) is 3.35. The number of anilines is 1. The molecular formula is C21H22N3O2. The number of hydrogen-bond acceptors (Lipinski definition) is 5. The summed E-state index contributed by atoms with van der Waals surface area (Å²) in [5.41, 5.74) is 2.67. The van der Waals surface area contributed by atoms with Gasteiger partial charge in [-0.15, -0.1) is 0 Å². The SMILES string of the molecule is COc1ccc(OC)c(-c2cc([C]3[CH][CH][CH][CH]3)nc(N3CCCC3)n2)c1. The Balaban J connectivity index is 1.81. The largest absolute Gasteiger partial charge is 0.497 e. The monoisotopic (exact) mass is 348 g/mol. The molecule has 1 saturated heterocycles. The van der Waals surface area contributed by atoms with Gasteiger partial charge in [-0.2, -0.15) is 0 Å². The first-order valence-corrected chi connectivity index (χ1v) is 8.87. The van der Waals surface area contributed by atoms with Crippen molar-refractivity contribution >= 4 is 5.95 Å². The van der Waals surface area contributed by atoms with Crippen molar-refractivity contribution in [2.75, 3.05) is 32.2 Å². The van der Waals surface area contributed by atoms with Gasteiger partial charge >= 0.3 is 0 Å². The lowest BCUT2D eigenvalue weighted by Gasteiger charge is -2.19. The van der Waals surface area contributed by atoms with Crippen LogP contribution in [0.4, 0.5) is 5.95 Å². The maximum Gasteiger partial charge on any atom is 0.226 e. The number of methoxy groups -OCH3 is 2. The highest BCUT2D eigenvalue weighted by atomic mass is 16.5. The van der Waals surface area contributed by atoms with E-state index in [4.69, 9.17) is 19.4 Å². The number of hydrogen-bond donors (Lipinski definition) is 0. The van der Waals surface area contributed by atoms with Crippen molar-refractivity contribution in [2.24, 2.45) is 0 Å². The van der Waals surface area contributed by atoms with Gasteiger partial charge in [-0.25, -0.2) is 9.97 Å². The summed E-state index contributed by atoms with van der Waals surface area (Å²) in [7, 11) is 3.34. The minimum absolute atomic E-state index is 0.769. The van der Waals surface area contributed by atoms with E-state index in [-0.39, 0.29) is 0 Å². The number of rotatable bonds is 5. The molecule has 2 aliphatic rings. The summed E-state index contributed by atoms with van der Waals surface area (Å²) in [6, 6.07) is 7.78. The number of nitrogens with zero attached hydrogens (tertiary/aromatic N) is 3. The first-order valence-electron chi connectivity index (χ1n) is 8.87. The van der Waals surface area contributed by atoms with E-state index in [9.17, 15) is 0 Å². The average molecular weight is 348 g/mol. The molecule has 5 nitrogen and oxygen atoms in total. The predicted octanol–water partition coefficient (Wildman–Crippen LogP) is 3.51. The van der Waals surface area contributed by atoms with Gasteiger partial charge < -0.3 is 14.4 Å². The Kier molecular flexibility index (Phi) is 4.96. The first-order chi connectivity index (χ1) is 12.8. The van der Waals surface area contributed by atoms with Gasteiger partial charge in [-0.3, -0.25) is 0 Å². The van der Waals surface area contributed by atoms with Crippen LogP contribution in [0.15, 0.2) is 24.3 Å². The van der Waals surface area contributed by atoms with Crippen LogP contribution in [0.25, 0.3) is 11.3 Å². The molecule has 1 aromatic heterocycles. The zero-order valence-electron chi connectivity index (χ0n) is 15.1. The number of aromatic nitrogens is 2. The molecule has 0 unspecified atom stereocenters. The number of ether oxygens (including phenoxy) is 2. The van der Waals surface area contributed by atoms with Crippen molar-refractivity contribution < 1.29 is 9.47 Å². The van der Waals surface area contributed by atoms with Crippen LogP contribution in [-0.2, 0) is 0 Å². The fourth-order valence-electron chi connectivity index (χ4n) is 3.34. The lowest BCUT2D eigenvalue weighted by Crippen LogP contribution is -2.21. The zero-order valence-corrected chi connectivity index (χ0v) is 15.1. The van der Waals surface area contributed by atoms with Gasteiger partial charge in [0.05, 0.1) is 25.6 Å². The Morgan fingerprint density at radius 1 is 0.885 bits per heavy atom. The van der Waals surface area contributed by atoms with Crippen LogP contribution in [0, 0.1) is 31.6 Å². The van der Waals surface area contributed by atoms with Gasteiger partial charge in [0, 0.05) is 24.6 Å². The van der Waals surface area contributed by atoms with Crippen LogP contribution in [0.1, 0.15) is 18.5 Å². The maximum absolute atomic E-state index is 5.57. The van der Waals surface area contributed by atoms with Gasteiger partial charge in [0.1, 0.15) is 11.5 Å². The second-order valence-electron chi connectivity index (χ2n) is 6.37. The third-order valence-electron chi connectivity index (χ3n) is 4.74. The first kappa shape index (κ1) is 17.1. The van der Waals surface area contributed by atoms with E-state index < -0.39 is 0 Å². The Bertz CT molecular complexity index is 732. The average Bonchev–Trinajstić information content (AvgIpc) is 3.41. The topological polar surface area (TPSA) is 47.5 Å². The molecule has 1 aromatic carbocycles. The quantitative estimate of drug-likeness (QED) is 0.827. The molecule has 1 saturated carbocycles. The van der Waals surface area contributed by atoms with E-state index in [0.29, 0.717) is 0 Å². The summed E-state index contributed by atoms with van der Waals surface area (Å²) in [5.74, 6) is 3.42. The molecule has 2 fully saturated rings. The molecule has 133 valence electrons. The van der Waals surface area contributed by atoms with E-state index in [1.54, 1.807) is 14.2 Å². The van der Waals surface area contributed by atoms with Gasteiger partial charge in [0.25, 0.3) is 0 Å². The second-order valence-corrected chi connectivity index (χ2v) is 6.37. The molecule has 0 bridgehead atoms. The van der Waals surface area contributed by atoms with Crippen LogP contribution in [0.2, 0.25) is 0 Å². The molecule has 0 amide bonds. The number of benzene rings is 1. The van der Waals surface area contributed by atoms with Crippen LogP contribution in [0.3, 0.4) is 0 Å². The predicted molar refractivity (Wildman–Crippen MR) is 102 cm³/mol. The molecule has 1 aliphatic heterocycles. The Labute approximate surface area is 155 Å². The molecule has 1 aliphatic carbocycles. The van der Waals surface area contributed by atoms with E-state index in [1.165, 1.54) is 12.8 Å². The van der Waals surface area contributed by atoms with E-state index in [2.05, 4.69) is 17.7 Å². The molecular weight excluding hydrogens is 326 g/mol. The molecule has 26 heavy (non-hydrogen) atoms. The molecule has 5 heteroatoms. The smallest absolute Gasteiger partial charge is 0.226 e. The lowest BCUT2D eigenvalue weighted by molar-refractivity contribution is 0.404. The minimum atomic E-state index is 0.769. The Morgan fingerprint density at radius 3 is 2.31 bits per heavy atom. The highest BCUT2D eigenvalue weighted by Gasteiger charge is 2.25. The molecule has 4 rings (SSSR count). The van der Waals surface area contributed by atoms with Gasteiger partial charge in [0.2, 0.25) is 5.95 Å². The third-order valence-corrected chi connectivity index (χ3v) is 4.74. The van der Waals surface area contributed by atoms with E-state index >= 15 is 0 Å². The van der Waals surface area contributed by atoms with Crippen molar-refractivity contribution in [3.8, 4) is 22.8 Å². The summed E-state index contributed by atoms with van der Waals surface area (Å²) in [6.07, 6.45) is 10.6. The molecule has 2 aromatic rings. The van der Waals surface area contributed by atoms with Crippen LogP contribution in [-0.4, -0.2) is 37.3 Å². The summed E-state index contributed by atoms with van der Waals surface area (Å²) in [5, 5.41) is 0. The van der Waals surface area contributed by atoms with Crippen molar-refractivity contribution in [2.45, 2.75) is 12.8 Å². The van der Waals surface area contributed by atoms with E-state index in [1.807, 2.05) is 37.1 Å². The van der Waals surface area contributed by atoms with Crippen molar-refractivity contribution in [1.29, 1.82) is 0 Å². The molecule has 0 atom stereocenters. The van der Waals surface area contributed by atoms with Crippen molar-refractivity contribution in [3.63, 3.8) is 0 Å². The van der Waals surface area contributed by atoms with Crippen LogP contribution in [0.5, 0.6) is 11.5 Å². The fourth-order valence-corrected chi connectivity index (χ4v) is 3.34. The zero-order chi connectivity index (χ0) is 17.9. The summed E-state index contributed by atoms with van der Waals surface area (Å²) < 4.78 is 11.0. The van der Waals surface area contributed by atoms with Crippen molar-refractivity contribution in [1.82, 2.24) is 9.97 Å². The standard InChI is InChI=1S/C21H22N3O2/c1-25-16-9-10-20(26-2)17(13-16)19-14-18(15-7-3-4-8-15)22-21(23-19)24-11-5-6-12-24/h3-4,7-10,13-14H,5-6,11-12H2,1-2H3. The van der Waals surface area contributed by atoms with Crippen LogP contribution < -0.4 is 14.4 Å². The Hall–Kier alpha value is -2.30. The molecule has 0 spiro atoms. The van der Waals surface area contributed by atoms with Gasteiger partial charge in [0.15, 0.2) is 0 Å². The van der Waals surface area contributed by atoms with Crippen molar-refractivity contribution in [3.05, 3.63) is 61.6 Å². The lowest BCUT2D eigenvalue weighted by atomic mass is 10.0. The minimum Gasteiger partial charge on any atom is -0.497 e. The summed E-state index contributed by atoms with van der Waals surface area (Å²) in [6.45, 7) is 2.00. The summed E-state index contributed by atoms with van der Waals surface area (Å²) in [4.78, 5) is 11.9. The normalized spacial score (nSPS) is 17.7. The fraction of sp³-hybridized carbons (Fsp3) is 0.286. The Morgan fingerprint density at radius 2 is 1.62 bits per heavy atom. The van der Waals surface area contributed by atoms with Gasteiger partial charge in [-0.05, 0) is 62.8 Å². The second kappa shape index (κ2) is 7.52. The molecule has 0 N–H and O–H groups in total. The molecule has 5 radical (unpaired) electrons. The van der Waals surface area contributed by atoms with E-state index in [0.717, 1.165) is 53.4 Å². The molecule has 2 heterocycles.